The number of hydrogen-bond donors (Lipinski definition) is 2. The fraction of sp³-hybridized carbons (Fsp3) is 0. The first-order valence-electron chi connectivity index (χ1n) is 9.95. The van der Waals surface area contributed by atoms with Gasteiger partial charge in [0, 0.05) is 28.3 Å². The van der Waals surface area contributed by atoms with Crippen LogP contribution >= 0.6 is 22.9 Å². The van der Waals surface area contributed by atoms with Crippen LogP contribution in [-0.2, 0) is 0 Å². The summed E-state index contributed by atoms with van der Waals surface area (Å²) in [5.74, 6) is 0.217. The highest BCUT2D eigenvalue weighted by molar-refractivity contribution is 7.13. The van der Waals surface area contributed by atoms with E-state index >= 15 is 0 Å². The molecule has 0 aliphatic rings. The van der Waals surface area contributed by atoms with Crippen LogP contribution in [0.3, 0.4) is 0 Å². The van der Waals surface area contributed by atoms with Gasteiger partial charge in [0.15, 0.2) is 0 Å². The second-order valence-corrected chi connectivity index (χ2v) is 8.47. The van der Waals surface area contributed by atoms with Gasteiger partial charge < -0.3 is 5.32 Å². The number of carbonyl (C=O) groups excluding carboxylic acids is 1. The Bertz CT molecular complexity index is 1480. The SMILES string of the molecule is O=C(Nc1cc(-c2cccs2)nn1-c1nc(-c2ccccc2)cc(=O)[nH]1)c1ccc(Cl)cc1. The molecule has 0 atom stereocenters. The van der Waals surface area contributed by atoms with Gasteiger partial charge in [-0.15, -0.1) is 11.3 Å². The summed E-state index contributed by atoms with van der Waals surface area (Å²) < 4.78 is 1.43. The first kappa shape index (κ1) is 20.9. The Balaban J connectivity index is 1.59. The third-order valence-corrected chi connectivity index (χ3v) is 5.97. The molecule has 0 saturated heterocycles. The molecule has 162 valence electrons. The van der Waals surface area contributed by atoms with Crippen LogP contribution in [0, 0.1) is 0 Å². The number of halogens is 1. The molecule has 3 heterocycles. The van der Waals surface area contributed by atoms with Crippen LogP contribution in [0.5, 0.6) is 0 Å². The summed E-state index contributed by atoms with van der Waals surface area (Å²) in [7, 11) is 0. The molecule has 0 spiro atoms. The van der Waals surface area contributed by atoms with Crippen molar-refractivity contribution in [3.63, 3.8) is 0 Å². The van der Waals surface area contributed by atoms with Crippen molar-refractivity contribution in [2.24, 2.45) is 0 Å². The largest absolute Gasteiger partial charge is 0.306 e. The van der Waals surface area contributed by atoms with Crippen LogP contribution in [-0.4, -0.2) is 25.7 Å². The van der Waals surface area contributed by atoms with Crippen molar-refractivity contribution in [1.29, 1.82) is 0 Å². The molecule has 0 saturated carbocycles. The summed E-state index contributed by atoms with van der Waals surface area (Å²) in [6.45, 7) is 0. The second-order valence-electron chi connectivity index (χ2n) is 7.09. The van der Waals surface area contributed by atoms with Gasteiger partial charge in [0.25, 0.3) is 11.5 Å². The van der Waals surface area contributed by atoms with Gasteiger partial charge in [-0.3, -0.25) is 14.6 Å². The smallest absolute Gasteiger partial charge is 0.256 e. The highest BCUT2D eigenvalue weighted by atomic mass is 35.5. The van der Waals surface area contributed by atoms with E-state index in [4.69, 9.17) is 11.6 Å². The third-order valence-electron chi connectivity index (χ3n) is 4.83. The summed E-state index contributed by atoms with van der Waals surface area (Å²) in [4.78, 5) is 33.6. The lowest BCUT2D eigenvalue weighted by Gasteiger charge is -2.09. The quantitative estimate of drug-likeness (QED) is 0.364. The number of nitrogens with zero attached hydrogens (tertiary/aromatic N) is 3. The third kappa shape index (κ3) is 4.48. The monoisotopic (exact) mass is 473 g/mol. The number of thiophene rings is 1. The molecule has 0 aliphatic carbocycles. The summed E-state index contributed by atoms with van der Waals surface area (Å²) >= 11 is 7.45. The maximum atomic E-state index is 12.9. The number of anilines is 1. The average molecular weight is 474 g/mol. The van der Waals surface area contributed by atoms with Gasteiger partial charge >= 0.3 is 0 Å². The zero-order chi connectivity index (χ0) is 22.8. The van der Waals surface area contributed by atoms with E-state index in [-0.39, 0.29) is 17.4 Å². The molecule has 0 radical (unpaired) electrons. The normalized spacial score (nSPS) is 10.8. The maximum Gasteiger partial charge on any atom is 0.256 e. The summed E-state index contributed by atoms with van der Waals surface area (Å²) in [6, 6.07) is 23.0. The van der Waals surface area contributed by atoms with Crippen LogP contribution in [0.15, 0.2) is 89.0 Å². The van der Waals surface area contributed by atoms with E-state index in [1.807, 2.05) is 47.8 Å². The van der Waals surface area contributed by atoms with Crippen molar-refractivity contribution in [1.82, 2.24) is 19.7 Å². The molecule has 2 aromatic carbocycles. The first-order chi connectivity index (χ1) is 16.1. The second kappa shape index (κ2) is 8.85. The number of aromatic nitrogens is 4. The molecule has 0 fully saturated rings. The van der Waals surface area contributed by atoms with E-state index in [2.05, 4.69) is 20.4 Å². The lowest BCUT2D eigenvalue weighted by molar-refractivity contribution is 0.102. The fourth-order valence-corrected chi connectivity index (χ4v) is 4.08. The topological polar surface area (TPSA) is 92.7 Å². The van der Waals surface area contributed by atoms with Crippen molar-refractivity contribution in [2.75, 3.05) is 5.32 Å². The highest BCUT2D eigenvalue weighted by Gasteiger charge is 2.17. The van der Waals surface area contributed by atoms with Gasteiger partial charge in [-0.2, -0.15) is 9.78 Å². The molecule has 2 N–H and O–H groups in total. The predicted molar refractivity (Wildman–Crippen MR) is 130 cm³/mol. The number of H-pyrrole nitrogens is 1. The number of nitrogens with one attached hydrogen (secondary N) is 2. The summed E-state index contributed by atoms with van der Waals surface area (Å²) in [6.07, 6.45) is 0. The van der Waals surface area contributed by atoms with E-state index < -0.39 is 0 Å². The summed E-state index contributed by atoms with van der Waals surface area (Å²) in [5.41, 5.74) is 2.04. The number of benzene rings is 2. The maximum absolute atomic E-state index is 12.9. The van der Waals surface area contributed by atoms with Gasteiger partial charge in [-0.05, 0) is 35.7 Å². The van der Waals surface area contributed by atoms with Crippen molar-refractivity contribution in [3.05, 3.63) is 105 Å². The Morgan fingerprint density at radius 3 is 2.48 bits per heavy atom. The first-order valence-corrected chi connectivity index (χ1v) is 11.2. The van der Waals surface area contributed by atoms with E-state index in [0.717, 1.165) is 10.4 Å². The molecule has 7 nitrogen and oxygen atoms in total. The summed E-state index contributed by atoms with van der Waals surface area (Å²) in [5, 5.41) is 9.96. The molecule has 3 aromatic heterocycles. The van der Waals surface area contributed by atoms with Gasteiger partial charge in [0.05, 0.1) is 10.6 Å². The van der Waals surface area contributed by atoms with Gasteiger partial charge in [0.2, 0.25) is 5.95 Å². The molecule has 0 bridgehead atoms. The Hall–Kier alpha value is -4.01. The molecule has 9 heteroatoms. The van der Waals surface area contributed by atoms with Gasteiger partial charge in [-0.1, -0.05) is 48.0 Å². The average Bonchev–Trinajstić information content (AvgIpc) is 3.50. The number of amides is 1. The van der Waals surface area contributed by atoms with Crippen molar-refractivity contribution in [3.8, 4) is 27.8 Å². The molecule has 5 rings (SSSR count). The van der Waals surface area contributed by atoms with Crippen LogP contribution in [0.1, 0.15) is 10.4 Å². The van der Waals surface area contributed by atoms with Crippen LogP contribution in [0.25, 0.3) is 27.8 Å². The minimum atomic E-state index is -0.341. The molecular weight excluding hydrogens is 458 g/mol. The van der Waals surface area contributed by atoms with Crippen LogP contribution in [0.4, 0.5) is 5.82 Å². The molecular formula is C24H16ClN5O2S. The van der Waals surface area contributed by atoms with E-state index in [0.29, 0.717) is 27.8 Å². The highest BCUT2D eigenvalue weighted by Crippen LogP contribution is 2.28. The number of rotatable bonds is 5. The van der Waals surface area contributed by atoms with Crippen molar-refractivity contribution >= 4 is 34.7 Å². The Labute approximate surface area is 197 Å². The van der Waals surface area contributed by atoms with Crippen LogP contribution < -0.4 is 10.9 Å². The van der Waals surface area contributed by atoms with Crippen LogP contribution in [0.2, 0.25) is 5.02 Å². The number of hydrogen-bond acceptors (Lipinski definition) is 5. The molecule has 0 unspecified atom stereocenters. The Morgan fingerprint density at radius 1 is 0.970 bits per heavy atom. The predicted octanol–water partition coefficient (Wildman–Crippen LogP) is 5.26. The standard InChI is InChI=1S/C24H16ClN5O2S/c25-17-10-8-16(9-11-17)23(32)27-21-13-19(20-7-4-12-33-20)29-30(21)24-26-18(14-22(31)28-24)15-5-2-1-3-6-15/h1-14H,(H,27,32)(H,26,28,31). The minimum absolute atomic E-state index is 0.190. The van der Waals surface area contributed by atoms with Crippen molar-refractivity contribution < 1.29 is 4.79 Å². The van der Waals surface area contributed by atoms with E-state index in [9.17, 15) is 9.59 Å². The minimum Gasteiger partial charge on any atom is -0.306 e. The number of aromatic amines is 1. The molecule has 33 heavy (non-hydrogen) atoms. The lowest BCUT2D eigenvalue weighted by atomic mass is 10.1. The van der Waals surface area contributed by atoms with Crippen molar-refractivity contribution in [2.45, 2.75) is 0 Å². The zero-order valence-electron chi connectivity index (χ0n) is 17.0. The zero-order valence-corrected chi connectivity index (χ0v) is 18.6. The molecule has 5 aromatic rings. The van der Waals surface area contributed by atoms with E-state index in [1.54, 1.807) is 30.3 Å². The Kier molecular flexibility index (Phi) is 5.60. The fourth-order valence-electron chi connectivity index (χ4n) is 3.27. The molecule has 0 aliphatic heterocycles. The molecule has 1 amide bonds. The van der Waals surface area contributed by atoms with Gasteiger partial charge in [0.1, 0.15) is 11.5 Å². The van der Waals surface area contributed by atoms with E-state index in [1.165, 1.54) is 22.1 Å². The lowest BCUT2D eigenvalue weighted by Crippen LogP contribution is -2.18. The van der Waals surface area contributed by atoms with Gasteiger partial charge in [-0.25, -0.2) is 4.98 Å². The number of carbonyl (C=O) groups is 1. The Morgan fingerprint density at radius 2 is 1.76 bits per heavy atom.